The van der Waals surface area contributed by atoms with E-state index in [4.69, 9.17) is 11.6 Å². The smallest absolute Gasteiger partial charge is 0.348 e. The third-order valence-corrected chi connectivity index (χ3v) is 6.61. The molecular weight excluding hydrogens is 426 g/mol. The molecule has 0 unspecified atom stereocenters. The third kappa shape index (κ3) is 4.98. The van der Waals surface area contributed by atoms with E-state index in [0.29, 0.717) is 28.7 Å². The van der Waals surface area contributed by atoms with Crippen molar-refractivity contribution in [1.29, 1.82) is 0 Å². The first-order chi connectivity index (χ1) is 15.0. The van der Waals surface area contributed by atoms with Crippen LogP contribution in [-0.2, 0) is 13.1 Å². The molecule has 5 heteroatoms. The Labute approximate surface area is 191 Å². The fourth-order valence-electron chi connectivity index (χ4n) is 3.60. The zero-order valence-corrected chi connectivity index (χ0v) is 18.7. The minimum Gasteiger partial charge on any atom is -0.477 e. The van der Waals surface area contributed by atoms with Gasteiger partial charge in [-0.2, -0.15) is 0 Å². The maximum absolute atomic E-state index is 12.2. The second-order valence-corrected chi connectivity index (χ2v) is 8.89. The van der Waals surface area contributed by atoms with Gasteiger partial charge in [-0.25, -0.2) is 4.79 Å². The summed E-state index contributed by atoms with van der Waals surface area (Å²) in [5, 5.41) is 10.6. The maximum Gasteiger partial charge on any atom is 0.348 e. The Morgan fingerprint density at radius 3 is 2.39 bits per heavy atom. The number of hydrogen-bond acceptors (Lipinski definition) is 3. The molecule has 0 amide bonds. The second-order valence-electron chi connectivity index (χ2n) is 7.43. The highest BCUT2D eigenvalue weighted by Gasteiger charge is 2.22. The van der Waals surface area contributed by atoms with E-state index in [1.165, 1.54) is 16.9 Å². The molecule has 0 aliphatic rings. The van der Waals surface area contributed by atoms with E-state index >= 15 is 0 Å². The van der Waals surface area contributed by atoms with Gasteiger partial charge in [-0.15, -0.1) is 11.3 Å². The maximum atomic E-state index is 12.2. The summed E-state index contributed by atoms with van der Waals surface area (Å²) in [6.07, 6.45) is 0. The molecular formula is C26H22ClNO2S. The van der Waals surface area contributed by atoms with Gasteiger partial charge in [-0.1, -0.05) is 90.0 Å². The lowest BCUT2D eigenvalue weighted by molar-refractivity contribution is 0.0702. The summed E-state index contributed by atoms with van der Waals surface area (Å²) in [5.74, 6) is -0.921. The number of anilines is 1. The highest BCUT2D eigenvalue weighted by Crippen LogP contribution is 2.38. The number of carboxylic acids is 1. The number of rotatable bonds is 7. The molecule has 4 rings (SSSR count). The first-order valence-electron chi connectivity index (χ1n) is 9.97. The Balaban J connectivity index is 1.79. The van der Waals surface area contributed by atoms with E-state index in [9.17, 15) is 9.90 Å². The van der Waals surface area contributed by atoms with Crippen molar-refractivity contribution in [1.82, 2.24) is 0 Å². The summed E-state index contributed by atoms with van der Waals surface area (Å²) < 4.78 is 0. The van der Waals surface area contributed by atoms with Crippen LogP contribution in [0.1, 0.15) is 26.4 Å². The summed E-state index contributed by atoms with van der Waals surface area (Å²) >= 11 is 7.75. The normalized spacial score (nSPS) is 10.8. The van der Waals surface area contributed by atoms with Gasteiger partial charge in [0.15, 0.2) is 0 Å². The van der Waals surface area contributed by atoms with E-state index in [-0.39, 0.29) is 0 Å². The first kappa shape index (κ1) is 21.2. The Bertz CT molecular complexity index is 1200. The van der Waals surface area contributed by atoms with E-state index in [0.717, 1.165) is 21.6 Å². The summed E-state index contributed by atoms with van der Waals surface area (Å²) in [6.45, 7) is 3.15. The van der Waals surface area contributed by atoms with Gasteiger partial charge in [-0.05, 0) is 35.7 Å². The van der Waals surface area contributed by atoms with Crippen molar-refractivity contribution in [2.24, 2.45) is 0 Å². The lowest BCUT2D eigenvalue weighted by Crippen LogP contribution is -2.23. The van der Waals surface area contributed by atoms with Crippen LogP contribution in [-0.4, -0.2) is 11.1 Å². The number of aryl methyl sites for hydroxylation is 1. The van der Waals surface area contributed by atoms with Crippen LogP contribution < -0.4 is 4.90 Å². The Hall–Kier alpha value is -3.08. The van der Waals surface area contributed by atoms with Crippen LogP contribution in [0.15, 0.2) is 84.9 Å². The highest BCUT2D eigenvalue weighted by atomic mass is 35.5. The van der Waals surface area contributed by atoms with Crippen LogP contribution in [0, 0.1) is 6.92 Å². The summed E-state index contributed by atoms with van der Waals surface area (Å²) in [7, 11) is 0. The molecule has 0 aliphatic carbocycles. The zero-order valence-electron chi connectivity index (χ0n) is 17.1. The fourth-order valence-corrected chi connectivity index (χ4v) is 4.82. The van der Waals surface area contributed by atoms with Gasteiger partial charge in [0.1, 0.15) is 4.88 Å². The van der Waals surface area contributed by atoms with Gasteiger partial charge in [0.25, 0.3) is 0 Å². The lowest BCUT2D eigenvalue weighted by Gasteiger charge is -2.25. The molecule has 3 aromatic carbocycles. The number of carboxylic acid groups (broad SMARTS) is 1. The van der Waals surface area contributed by atoms with Crippen molar-refractivity contribution in [3.05, 3.63) is 112 Å². The largest absolute Gasteiger partial charge is 0.477 e. The monoisotopic (exact) mass is 447 g/mol. The lowest BCUT2D eigenvalue weighted by atomic mass is 10.1. The average Bonchev–Trinajstić information content (AvgIpc) is 3.21. The third-order valence-electron chi connectivity index (χ3n) is 5.08. The number of carbonyl (C=O) groups is 1. The second kappa shape index (κ2) is 9.38. The molecule has 0 atom stereocenters. The van der Waals surface area contributed by atoms with Crippen molar-refractivity contribution in [2.75, 3.05) is 4.90 Å². The molecule has 0 radical (unpaired) electrons. The molecule has 31 heavy (non-hydrogen) atoms. The SMILES string of the molecule is Cc1cccc(CN(Cc2ccccc2Cl)c2cc(-c3ccccc3)sc2C(=O)O)c1. The Kier molecular flexibility index (Phi) is 6.40. The summed E-state index contributed by atoms with van der Waals surface area (Å²) in [6, 6.07) is 27.8. The minimum atomic E-state index is -0.921. The Morgan fingerprint density at radius 2 is 1.68 bits per heavy atom. The number of aromatic carboxylic acids is 1. The molecule has 0 aliphatic heterocycles. The standard InChI is InChI=1S/C26H22ClNO2S/c1-18-8-7-9-19(14-18)16-28(17-21-12-5-6-13-22(21)27)23-15-24(31-25(23)26(29)30)20-10-3-2-4-11-20/h2-15H,16-17H2,1H3,(H,29,30). The molecule has 0 saturated heterocycles. The van der Waals surface area contributed by atoms with Crippen molar-refractivity contribution >= 4 is 34.6 Å². The van der Waals surface area contributed by atoms with Crippen molar-refractivity contribution in [2.45, 2.75) is 20.0 Å². The predicted molar refractivity (Wildman–Crippen MR) is 129 cm³/mol. The van der Waals surface area contributed by atoms with E-state index in [2.05, 4.69) is 30.0 Å². The van der Waals surface area contributed by atoms with Crippen LogP contribution in [0.4, 0.5) is 5.69 Å². The first-order valence-corrected chi connectivity index (χ1v) is 11.2. The van der Waals surface area contributed by atoms with Gasteiger partial charge in [0.05, 0.1) is 5.69 Å². The van der Waals surface area contributed by atoms with E-state index in [1.54, 1.807) is 0 Å². The topological polar surface area (TPSA) is 40.5 Å². The molecule has 0 spiro atoms. The highest BCUT2D eigenvalue weighted by molar-refractivity contribution is 7.18. The zero-order chi connectivity index (χ0) is 21.8. The minimum absolute atomic E-state index is 0.332. The average molecular weight is 448 g/mol. The van der Waals surface area contributed by atoms with Crippen molar-refractivity contribution < 1.29 is 9.90 Å². The quantitative estimate of drug-likeness (QED) is 0.323. The van der Waals surface area contributed by atoms with Gasteiger partial charge >= 0.3 is 5.97 Å². The molecule has 0 fully saturated rings. The molecule has 1 N–H and O–H groups in total. The molecule has 1 aromatic heterocycles. The van der Waals surface area contributed by atoms with Crippen LogP contribution in [0.25, 0.3) is 10.4 Å². The molecule has 4 aromatic rings. The van der Waals surface area contributed by atoms with Crippen LogP contribution in [0.2, 0.25) is 5.02 Å². The van der Waals surface area contributed by atoms with E-state index < -0.39 is 5.97 Å². The molecule has 0 saturated carbocycles. The van der Waals surface area contributed by atoms with E-state index in [1.807, 2.05) is 66.7 Å². The molecule has 3 nitrogen and oxygen atoms in total. The number of halogens is 1. The van der Waals surface area contributed by atoms with Crippen LogP contribution in [0.3, 0.4) is 0 Å². The van der Waals surface area contributed by atoms with Gasteiger partial charge in [0, 0.05) is 23.0 Å². The molecule has 1 heterocycles. The predicted octanol–water partition coefficient (Wildman–Crippen LogP) is 7.28. The van der Waals surface area contributed by atoms with Gasteiger partial charge in [0.2, 0.25) is 0 Å². The summed E-state index contributed by atoms with van der Waals surface area (Å²) in [4.78, 5) is 15.5. The van der Waals surface area contributed by atoms with Crippen LogP contribution in [0.5, 0.6) is 0 Å². The van der Waals surface area contributed by atoms with Crippen molar-refractivity contribution in [3.63, 3.8) is 0 Å². The fraction of sp³-hybridized carbons (Fsp3) is 0.115. The Morgan fingerprint density at radius 1 is 0.935 bits per heavy atom. The van der Waals surface area contributed by atoms with Crippen LogP contribution >= 0.6 is 22.9 Å². The molecule has 0 bridgehead atoms. The number of benzene rings is 3. The summed E-state index contributed by atoms with van der Waals surface area (Å²) in [5.41, 5.74) is 4.97. The van der Waals surface area contributed by atoms with Crippen molar-refractivity contribution in [3.8, 4) is 10.4 Å². The number of hydrogen-bond donors (Lipinski definition) is 1. The number of thiophene rings is 1. The molecule has 156 valence electrons. The van der Waals surface area contributed by atoms with Gasteiger partial charge < -0.3 is 10.0 Å². The van der Waals surface area contributed by atoms with Gasteiger partial charge in [-0.3, -0.25) is 0 Å². The number of nitrogens with zero attached hydrogens (tertiary/aromatic N) is 1.